The van der Waals surface area contributed by atoms with Gasteiger partial charge in [0, 0.05) is 6.04 Å². The summed E-state index contributed by atoms with van der Waals surface area (Å²) < 4.78 is 0. The molecule has 0 aromatic heterocycles. The molecule has 0 spiro atoms. The van der Waals surface area contributed by atoms with Gasteiger partial charge in [0.2, 0.25) is 0 Å². The molecule has 0 aromatic rings. The number of rotatable bonds is 5. The van der Waals surface area contributed by atoms with Gasteiger partial charge in [0.15, 0.2) is 6.29 Å². The van der Waals surface area contributed by atoms with Crippen molar-refractivity contribution < 1.29 is 4.79 Å². The van der Waals surface area contributed by atoms with Crippen molar-refractivity contribution in [1.82, 2.24) is 0 Å². The second kappa shape index (κ2) is 17.1. The van der Waals surface area contributed by atoms with Crippen LogP contribution in [0.3, 0.4) is 0 Å². The molecule has 0 aliphatic heterocycles. The Morgan fingerprint density at radius 1 is 1.32 bits per heavy atom. The second-order valence-corrected chi connectivity index (χ2v) is 4.50. The third kappa shape index (κ3) is 16.1. The van der Waals surface area contributed by atoms with Gasteiger partial charge in [-0.3, -0.25) is 9.79 Å². The summed E-state index contributed by atoms with van der Waals surface area (Å²) in [6.45, 7) is 19.3. The number of carbonyl (C=O) groups excluding carboxylic acids is 1. The molecular formula is C19H32N2O. The van der Waals surface area contributed by atoms with E-state index in [1.807, 2.05) is 41.5 Å². The topological polar surface area (TPSA) is 41.8 Å². The Hall–Kier alpha value is -1.95. The molecule has 0 atom stereocenters. The molecule has 0 rings (SSSR count). The first kappa shape index (κ1) is 25.0. The summed E-state index contributed by atoms with van der Waals surface area (Å²) >= 11 is 0. The van der Waals surface area contributed by atoms with E-state index in [2.05, 4.69) is 28.9 Å². The summed E-state index contributed by atoms with van der Waals surface area (Å²) in [5.74, 6) is 2.87. The van der Waals surface area contributed by atoms with Crippen molar-refractivity contribution in [2.75, 3.05) is 0 Å². The van der Waals surface area contributed by atoms with E-state index in [1.54, 1.807) is 19.9 Å². The first-order chi connectivity index (χ1) is 10.3. The molecule has 0 aliphatic rings. The Labute approximate surface area is 137 Å². The molecule has 0 unspecified atom stereocenters. The van der Waals surface area contributed by atoms with Gasteiger partial charge < -0.3 is 0 Å². The molecule has 0 bridgehead atoms. The average Bonchev–Trinajstić information content (AvgIpc) is 2.47. The molecule has 0 N–H and O–H groups in total. The predicted octanol–water partition coefficient (Wildman–Crippen LogP) is 5.03. The summed E-state index contributed by atoms with van der Waals surface area (Å²) in [5.41, 5.74) is 2.38. The summed E-state index contributed by atoms with van der Waals surface area (Å²) in [7, 11) is 0. The van der Waals surface area contributed by atoms with Crippen LogP contribution in [-0.4, -0.2) is 23.9 Å². The maximum Gasteiger partial charge on any atom is 0.168 e. The van der Waals surface area contributed by atoms with Crippen LogP contribution < -0.4 is 0 Å². The number of carbonyl (C=O) groups is 1. The third-order valence-corrected chi connectivity index (χ3v) is 2.21. The smallest absolute Gasteiger partial charge is 0.168 e. The highest BCUT2D eigenvalue weighted by Crippen LogP contribution is 2.10. The van der Waals surface area contributed by atoms with Gasteiger partial charge in [0.1, 0.15) is 11.5 Å². The van der Waals surface area contributed by atoms with Crippen molar-refractivity contribution in [3.05, 3.63) is 23.8 Å². The number of allylic oxidation sites excluding steroid dienone is 3. The van der Waals surface area contributed by atoms with E-state index in [0.717, 1.165) is 23.9 Å². The van der Waals surface area contributed by atoms with Gasteiger partial charge in [0.05, 0.1) is 0 Å². The number of terminal acetylenes is 1. The van der Waals surface area contributed by atoms with Gasteiger partial charge in [0.25, 0.3) is 0 Å². The van der Waals surface area contributed by atoms with Gasteiger partial charge in [-0.25, -0.2) is 4.99 Å². The van der Waals surface area contributed by atoms with Gasteiger partial charge >= 0.3 is 0 Å². The van der Waals surface area contributed by atoms with Crippen molar-refractivity contribution in [1.29, 1.82) is 0 Å². The normalized spacial score (nSPS) is 11.5. The van der Waals surface area contributed by atoms with E-state index in [1.165, 1.54) is 0 Å². The van der Waals surface area contributed by atoms with Crippen LogP contribution in [0.15, 0.2) is 33.8 Å². The maximum atomic E-state index is 10.9. The van der Waals surface area contributed by atoms with Crippen LogP contribution >= 0.6 is 0 Å². The second-order valence-electron chi connectivity index (χ2n) is 4.50. The Balaban J connectivity index is -0.000000637. The lowest BCUT2D eigenvalue weighted by atomic mass is 10.1. The zero-order valence-electron chi connectivity index (χ0n) is 15.5. The molecule has 0 radical (unpaired) electrons. The Morgan fingerprint density at radius 3 is 2.09 bits per heavy atom. The lowest BCUT2D eigenvalue weighted by Crippen LogP contribution is -2.03. The molecule has 124 valence electrons. The number of hydrogen-bond donors (Lipinski definition) is 0. The van der Waals surface area contributed by atoms with Gasteiger partial charge in [-0.05, 0) is 52.7 Å². The molecular weight excluding hydrogens is 272 g/mol. The van der Waals surface area contributed by atoms with Crippen molar-refractivity contribution in [3.8, 4) is 12.3 Å². The molecule has 0 saturated heterocycles. The summed E-state index contributed by atoms with van der Waals surface area (Å²) in [5, 5.41) is 0. The van der Waals surface area contributed by atoms with Crippen LogP contribution in [0.25, 0.3) is 0 Å². The van der Waals surface area contributed by atoms with Crippen LogP contribution in [0.5, 0.6) is 0 Å². The highest BCUT2D eigenvalue weighted by Gasteiger charge is 1.99. The van der Waals surface area contributed by atoms with E-state index in [-0.39, 0.29) is 6.04 Å². The van der Waals surface area contributed by atoms with E-state index < -0.39 is 0 Å². The zero-order chi connectivity index (χ0) is 18.1. The first-order valence-corrected chi connectivity index (χ1v) is 7.64. The molecule has 22 heavy (non-hydrogen) atoms. The molecule has 3 nitrogen and oxygen atoms in total. The molecule has 3 heteroatoms. The highest BCUT2D eigenvalue weighted by atomic mass is 16.1. The predicted molar refractivity (Wildman–Crippen MR) is 101 cm³/mol. The molecule has 0 saturated carbocycles. The molecule has 0 amide bonds. The largest absolute Gasteiger partial charge is 0.296 e. The number of aliphatic imine (C=N–C) groups is 2. The molecule has 0 aliphatic carbocycles. The number of hydrogen-bond acceptors (Lipinski definition) is 2. The SMILES string of the molecule is C#CC.C=C(CC)/C(C)=C/C(C=O)=NC(C)=NC(C)C.CC. The Kier molecular flexibility index (Phi) is 19.5. The van der Waals surface area contributed by atoms with Crippen LogP contribution in [0, 0.1) is 12.3 Å². The van der Waals surface area contributed by atoms with Crippen LogP contribution in [0.4, 0.5) is 0 Å². The van der Waals surface area contributed by atoms with Crippen molar-refractivity contribution in [2.45, 2.75) is 67.9 Å². The first-order valence-electron chi connectivity index (χ1n) is 7.64. The third-order valence-electron chi connectivity index (χ3n) is 2.21. The fourth-order valence-electron chi connectivity index (χ4n) is 1.28. The quantitative estimate of drug-likeness (QED) is 0.231. The standard InChI is InChI=1S/C14H22N2O.C3H4.C2H6/c1-7-11(4)12(5)8-14(9-17)16-13(6)15-10(2)3;1-3-2;1-2/h8-10H,4,7H2,1-3,5-6H3;1H,2H3;1-2H3/b12-8+,15-13?,16-14?;;. The lowest BCUT2D eigenvalue weighted by molar-refractivity contribution is -0.102. The fraction of sp³-hybridized carbons (Fsp3) is 0.526. The summed E-state index contributed by atoms with van der Waals surface area (Å²) in [6, 6.07) is 0.183. The monoisotopic (exact) mass is 304 g/mol. The van der Waals surface area contributed by atoms with Crippen LogP contribution in [-0.2, 0) is 4.79 Å². The van der Waals surface area contributed by atoms with Crippen molar-refractivity contribution >= 4 is 17.8 Å². The lowest BCUT2D eigenvalue weighted by Gasteiger charge is -2.02. The van der Waals surface area contributed by atoms with Crippen molar-refractivity contribution in [2.24, 2.45) is 9.98 Å². The molecule has 0 aromatic carbocycles. The number of aldehydes is 1. The van der Waals surface area contributed by atoms with E-state index in [0.29, 0.717) is 11.5 Å². The Bertz CT molecular complexity index is 447. The fourth-order valence-corrected chi connectivity index (χ4v) is 1.28. The van der Waals surface area contributed by atoms with Crippen LogP contribution in [0.2, 0.25) is 0 Å². The highest BCUT2D eigenvalue weighted by molar-refractivity contribution is 6.36. The number of nitrogens with zero attached hydrogens (tertiary/aromatic N) is 2. The molecule has 0 heterocycles. The van der Waals surface area contributed by atoms with Crippen LogP contribution in [0.1, 0.15) is 61.8 Å². The zero-order valence-corrected chi connectivity index (χ0v) is 15.5. The number of amidine groups is 1. The maximum absolute atomic E-state index is 10.9. The van der Waals surface area contributed by atoms with Gasteiger partial charge in [-0.1, -0.05) is 32.9 Å². The Morgan fingerprint density at radius 2 is 1.77 bits per heavy atom. The minimum atomic E-state index is 0.183. The van der Waals surface area contributed by atoms with E-state index in [4.69, 9.17) is 0 Å². The summed E-state index contributed by atoms with van der Waals surface area (Å²) in [4.78, 5) is 19.3. The van der Waals surface area contributed by atoms with Gasteiger partial charge in [-0.15, -0.1) is 12.3 Å². The molecule has 0 fully saturated rings. The minimum Gasteiger partial charge on any atom is -0.296 e. The van der Waals surface area contributed by atoms with Crippen molar-refractivity contribution in [3.63, 3.8) is 0 Å². The van der Waals surface area contributed by atoms with Gasteiger partial charge in [-0.2, -0.15) is 0 Å². The van der Waals surface area contributed by atoms with E-state index >= 15 is 0 Å². The average molecular weight is 304 g/mol. The summed E-state index contributed by atoms with van der Waals surface area (Å²) in [6.07, 6.45) is 7.96. The minimum absolute atomic E-state index is 0.183. The van der Waals surface area contributed by atoms with E-state index in [9.17, 15) is 4.79 Å².